The number of methoxy groups -OCH3 is 1. The molecule has 0 saturated heterocycles. The molecule has 0 saturated carbocycles. The Labute approximate surface area is 126 Å². The molecule has 0 heterocycles. The number of non-ortho nitro benzene ring substituents is 1. The first-order valence-corrected chi connectivity index (χ1v) is 7.37. The lowest BCUT2D eigenvalue weighted by Crippen LogP contribution is -1.90. The van der Waals surface area contributed by atoms with Crippen LogP contribution in [0.25, 0.3) is 0 Å². The molecule has 0 N–H and O–H groups in total. The maximum absolute atomic E-state index is 10.8. The average Bonchev–Trinajstić information content (AvgIpc) is 2.53. The van der Waals surface area contributed by atoms with Gasteiger partial charge in [0.25, 0.3) is 5.69 Å². The van der Waals surface area contributed by atoms with Crippen LogP contribution in [0.1, 0.15) is 5.56 Å². The highest BCUT2D eigenvalue weighted by atomic mass is 32.2. The highest BCUT2D eigenvalue weighted by Gasteiger charge is 2.10. The molecule has 0 bridgehead atoms. The molecule has 2 aromatic rings. The van der Waals surface area contributed by atoms with E-state index in [4.69, 9.17) is 4.74 Å². The van der Waals surface area contributed by atoms with Crippen LogP contribution in [0.3, 0.4) is 0 Å². The van der Waals surface area contributed by atoms with Crippen LogP contribution in [0, 0.1) is 10.1 Å². The SMILES string of the molecule is COc1ccc([N+](=O)[O-])cc1N=Cc1ccc(SC)cc1. The van der Waals surface area contributed by atoms with E-state index in [-0.39, 0.29) is 5.69 Å². The monoisotopic (exact) mass is 302 g/mol. The van der Waals surface area contributed by atoms with Gasteiger partial charge in [0.15, 0.2) is 0 Å². The molecular formula is C15H14N2O3S. The van der Waals surface area contributed by atoms with Gasteiger partial charge in [-0.2, -0.15) is 0 Å². The van der Waals surface area contributed by atoms with Crippen molar-refractivity contribution >= 4 is 29.4 Å². The molecule has 5 nitrogen and oxygen atoms in total. The zero-order valence-corrected chi connectivity index (χ0v) is 12.5. The summed E-state index contributed by atoms with van der Waals surface area (Å²) < 4.78 is 5.17. The molecule has 0 unspecified atom stereocenters. The summed E-state index contributed by atoms with van der Waals surface area (Å²) in [6.07, 6.45) is 3.67. The fourth-order valence-electron chi connectivity index (χ4n) is 1.73. The Balaban J connectivity index is 2.29. The topological polar surface area (TPSA) is 64.7 Å². The van der Waals surface area contributed by atoms with E-state index < -0.39 is 4.92 Å². The minimum absolute atomic E-state index is 0.0133. The van der Waals surface area contributed by atoms with Gasteiger partial charge in [-0.3, -0.25) is 15.1 Å². The summed E-state index contributed by atoms with van der Waals surface area (Å²) in [5.41, 5.74) is 1.34. The van der Waals surface area contributed by atoms with Gasteiger partial charge in [0.1, 0.15) is 11.4 Å². The molecule has 0 atom stereocenters. The third kappa shape index (κ3) is 3.82. The smallest absolute Gasteiger partial charge is 0.271 e. The molecule has 0 spiro atoms. The third-order valence-electron chi connectivity index (χ3n) is 2.84. The number of aliphatic imine (C=N–C) groups is 1. The van der Waals surface area contributed by atoms with Gasteiger partial charge in [-0.1, -0.05) is 12.1 Å². The number of rotatable bonds is 5. The Morgan fingerprint density at radius 1 is 1.24 bits per heavy atom. The summed E-state index contributed by atoms with van der Waals surface area (Å²) in [4.78, 5) is 15.8. The number of ether oxygens (including phenoxy) is 1. The first-order chi connectivity index (χ1) is 10.1. The second kappa shape index (κ2) is 6.90. The van der Waals surface area contributed by atoms with Gasteiger partial charge in [0.2, 0.25) is 0 Å². The molecule has 0 aromatic heterocycles. The van der Waals surface area contributed by atoms with E-state index in [1.807, 2.05) is 30.5 Å². The summed E-state index contributed by atoms with van der Waals surface area (Å²) in [6.45, 7) is 0. The maximum atomic E-state index is 10.8. The highest BCUT2D eigenvalue weighted by Crippen LogP contribution is 2.31. The number of nitro groups is 1. The molecule has 0 fully saturated rings. The van der Waals surface area contributed by atoms with Gasteiger partial charge >= 0.3 is 0 Å². The fraction of sp³-hybridized carbons (Fsp3) is 0.133. The summed E-state index contributed by atoms with van der Waals surface area (Å²) in [6, 6.07) is 12.2. The predicted molar refractivity (Wildman–Crippen MR) is 85.1 cm³/mol. The van der Waals surface area contributed by atoms with Crippen molar-refractivity contribution in [1.82, 2.24) is 0 Å². The number of hydrogen-bond acceptors (Lipinski definition) is 5. The molecule has 0 amide bonds. The van der Waals surface area contributed by atoms with Crippen LogP contribution in [0.15, 0.2) is 52.4 Å². The zero-order valence-electron chi connectivity index (χ0n) is 11.6. The summed E-state index contributed by atoms with van der Waals surface area (Å²) in [7, 11) is 1.51. The number of thioether (sulfide) groups is 1. The van der Waals surface area contributed by atoms with Gasteiger partial charge in [0, 0.05) is 23.2 Å². The Bertz CT molecular complexity index is 669. The first-order valence-electron chi connectivity index (χ1n) is 6.14. The molecule has 108 valence electrons. The minimum Gasteiger partial charge on any atom is -0.494 e. The first kappa shape index (κ1) is 15.1. The van der Waals surface area contributed by atoms with E-state index in [2.05, 4.69) is 4.99 Å². The van der Waals surface area contributed by atoms with Crippen molar-refractivity contribution in [2.75, 3.05) is 13.4 Å². The van der Waals surface area contributed by atoms with Gasteiger partial charge < -0.3 is 4.74 Å². The van der Waals surface area contributed by atoms with Crippen molar-refractivity contribution in [2.45, 2.75) is 4.90 Å². The van der Waals surface area contributed by atoms with Gasteiger partial charge in [-0.25, -0.2) is 0 Å². The average molecular weight is 302 g/mol. The molecule has 2 aromatic carbocycles. The van der Waals surface area contributed by atoms with Crippen molar-refractivity contribution in [1.29, 1.82) is 0 Å². The largest absolute Gasteiger partial charge is 0.494 e. The van der Waals surface area contributed by atoms with Crippen LogP contribution in [-0.2, 0) is 0 Å². The minimum atomic E-state index is -0.453. The van der Waals surface area contributed by atoms with Crippen molar-refractivity contribution in [3.63, 3.8) is 0 Å². The van der Waals surface area contributed by atoms with Crippen LogP contribution >= 0.6 is 11.8 Å². The predicted octanol–water partition coefficient (Wildman–Crippen LogP) is 4.08. The van der Waals surface area contributed by atoms with Gasteiger partial charge in [-0.15, -0.1) is 11.8 Å². The van der Waals surface area contributed by atoms with Crippen LogP contribution in [0.4, 0.5) is 11.4 Å². The van der Waals surface area contributed by atoms with Crippen LogP contribution in [-0.4, -0.2) is 24.5 Å². The number of nitrogens with zero attached hydrogens (tertiary/aromatic N) is 2. The van der Waals surface area contributed by atoms with E-state index in [1.54, 1.807) is 24.0 Å². The van der Waals surface area contributed by atoms with Crippen molar-refractivity contribution < 1.29 is 9.66 Å². The Hall–Kier alpha value is -2.34. The standard InChI is InChI=1S/C15H14N2O3S/c1-20-15-8-5-12(17(18)19)9-14(15)16-10-11-3-6-13(21-2)7-4-11/h3-10H,1-2H3. The van der Waals surface area contributed by atoms with Gasteiger partial charge in [-0.05, 0) is 30.0 Å². The molecule has 0 radical (unpaired) electrons. The summed E-state index contributed by atoms with van der Waals surface area (Å²) in [5.74, 6) is 0.498. The fourth-order valence-corrected chi connectivity index (χ4v) is 2.14. The van der Waals surface area contributed by atoms with Crippen LogP contribution < -0.4 is 4.74 Å². The maximum Gasteiger partial charge on any atom is 0.271 e. The molecule has 0 aliphatic heterocycles. The molecular weight excluding hydrogens is 288 g/mol. The van der Waals surface area contributed by atoms with E-state index in [9.17, 15) is 10.1 Å². The quantitative estimate of drug-likeness (QED) is 0.361. The molecule has 21 heavy (non-hydrogen) atoms. The Morgan fingerprint density at radius 2 is 1.95 bits per heavy atom. The highest BCUT2D eigenvalue weighted by molar-refractivity contribution is 7.98. The lowest BCUT2D eigenvalue weighted by molar-refractivity contribution is -0.384. The van der Waals surface area contributed by atoms with Crippen LogP contribution in [0.2, 0.25) is 0 Å². The molecule has 0 aliphatic rings. The van der Waals surface area contributed by atoms with E-state index in [0.29, 0.717) is 11.4 Å². The van der Waals surface area contributed by atoms with Gasteiger partial charge in [0.05, 0.1) is 12.0 Å². The number of hydrogen-bond donors (Lipinski definition) is 0. The number of benzene rings is 2. The Morgan fingerprint density at radius 3 is 2.52 bits per heavy atom. The van der Waals surface area contributed by atoms with Crippen molar-refractivity contribution in [2.24, 2.45) is 4.99 Å². The van der Waals surface area contributed by atoms with Crippen molar-refractivity contribution in [3.8, 4) is 5.75 Å². The zero-order chi connectivity index (χ0) is 15.2. The second-order valence-corrected chi connectivity index (χ2v) is 5.02. The normalized spacial score (nSPS) is 10.8. The van der Waals surface area contributed by atoms with E-state index in [1.165, 1.54) is 24.1 Å². The third-order valence-corrected chi connectivity index (χ3v) is 3.59. The summed E-state index contributed by atoms with van der Waals surface area (Å²) in [5, 5.41) is 10.8. The van der Waals surface area contributed by atoms with E-state index >= 15 is 0 Å². The molecule has 2 rings (SSSR count). The van der Waals surface area contributed by atoms with Crippen LogP contribution in [0.5, 0.6) is 5.75 Å². The van der Waals surface area contributed by atoms with E-state index in [0.717, 1.165) is 5.56 Å². The molecule has 0 aliphatic carbocycles. The number of nitro benzene ring substituents is 1. The Kier molecular flexibility index (Phi) is 4.94. The molecule has 6 heteroatoms. The lowest BCUT2D eigenvalue weighted by Gasteiger charge is -2.03. The summed E-state index contributed by atoms with van der Waals surface area (Å²) >= 11 is 1.66. The second-order valence-electron chi connectivity index (χ2n) is 4.14. The lowest BCUT2D eigenvalue weighted by atomic mass is 10.2. The van der Waals surface area contributed by atoms with Crippen molar-refractivity contribution in [3.05, 3.63) is 58.1 Å².